The van der Waals surface area contributed by atoms with Crippen molar-refractivity contribution < 1.29 is 27.4 Å². The molecule has 1 aliphatic rings. The zero-order valence-electron chi connectivity index (χ0n) is 17.7. The molecule has 1 saturated heterocycles. The lowest BCUT2D eigenvalue weighted by molar-refractivity contribution is -0.218. The van der Waals surface area contributed by atoms with Gasteiger partial charge >= 0.3 is 6.18 Å². The predicted molar refractivity (Wildman–Crippen MR) is 116 cm³/mol. The van der Waals surface area contributed by atoms with Gasteiger partial charge in [-0.05, 0) is 35.2 Å². The Kier molecular flexibility index (Phi) is 8.72. The SMILES string of the molecule is [N-]=[N+]=NC[C@H]1OC(OC(=Nc2ccccc2)C(F)(F)F)[C@H](N=[N+]=[N-])C[C@@H]1OCc1ccccc1. The van der Waals surface area contributed by atoms with Gasteiger partial charge in [-0.2, -0.15) is 13.2 Å². The lowest BCUT2D eigenvalue weighted by Crippen LogP contribution is -2.51. The molecule has 1 unspecified atom stereocenters. The summed E-state index contributed by atoms with van der Waals surface area (Å²) >= 11 is 0. The van der Waals surface area contributed by atoms with Crippen LogP contribution in [0.15, 0.2) is 75.9 Å². The van der Waals surface area contributed by atoms with E-state index in [0.29, 0.717) is 0 Å². The van der Waals surface area contributed by atoms with Crippen molar-refractivity contribution in [3.8, 4) is 0 Å². The van der Waals surface area contributed by atoms with Gasteiger partial charge in [0.15, 0.2) is 0 Å². The van der Waals surface area contributed by atoms with E-state index >= 15 is 0 Å². The Bertz CT molecular complexity index is 1060. The van der Waals surface area contributed by atoms with Gasteiger partial charge in [0.1, 0.15) is 6.04 Å². The zero-order valence-corrected chi connectivity index (χ0v) is 17.7. The van der Waals surface area contributed by atoms with Gasteiger partial charge < -0.3 is 14.2 Å². The third kappa shape index (κ3) is 7.12. The fourth-order valence-corrected chi connectivity index (χ4v) is 3.24. The molecular formula is C21H20F3N7O3. The first kappa shape index (κ1) is 24.9. The van der Waals surface area contributed by atoms with Crippen molar-refractivity contribution in [2.24, 2.45) is 15.2 Å². The van der Waals surface area contributed by atoms with Crippen LogP contribution in [0.3, 0.4) is 0 Å². The van der Waals surface area contributed by atoms with Crippen molar-refractivity contribution in [3.05, 3.63) is 87.1 Å². The van der Waals surface area contributed by atoms with Crippen molar-refractivity contribution in [1.29, 1.82) is 0 Å². The molecule has 13 heteroatoms. The molecule has 4 atom stereocenters. The quantitative estimate of drug-likeness (QED) is 0.152. The van der Waals surface area contributed by atoms with E-state index in [9.17, 15) is 13.2 Å². The van der Waals surface area contributed by atoms with Gasteiger partial charge in [-0.25, -0.2) is 4.99 Å². The van der Waals surface area contributed by atoms with Crippen LogP contribution < -0.4 is 0 Å². The van der Waals surface area contributed by atoms with Gasteiger partial charge in [0.05, 0.1) is 31.0 Å². The minimum atomic E-state index is -4.94. The molecule has 0 aromatic heterocycles. The summed E-state index contributed by atoms with van der Waals surface area (Å²) in [7, 11) is 0. The average Bonchev–Trinajstić information content (AvgIpc) is 2.83. The monoisotopic (exact) mass is 475 g/mol. The molecule has 3 rings (SSSR count). The number of alkyl halides is 3. The van der Waals surface area contributed by atoms with Gasteiger partial charge in [0.2, 0.25) is 6.29 Å². The van der Waals surface area contributed by atoms with Gasteiger partial charge in [-0.1, -0.05) is 58.8 Å². The molecule has 34 heavy (non-hydrogen) atoms. The van der Waals surface area contributed by atoms with E-state index in [1.807, 2.05) is 30.3 Å². The second-order valence-corrected chi connectivity index (χ2v) is 7.17. The number of benzene rings is 2. The highest BCUT2D eigenvalue weighted by atomic mass is 19.4. The molecule has 0 amide bonds. The maximum atomic E-state index is 13.7. The number of halogens is 3. The largest absolute Gasteiger partial charge is 0.468 e. The standard InChI is InChI=1S/C21H20F3N7O3/c22-21(23,24)20(28-15-9-5-2-6-10-15)34-19-16(29-31-26)11-17(18(33-19)12-27-30-25)32-13-14-7-3-1-4-8-14/h1-10,16-19H,11-13H2/t16-,17+,18-,19?/m1/s1. The maximum Gasteiger partial charge on any atom is 0.468 e. The second-order valence-electron chi connectivity index (χ2n) is 7.17. The van der Waals surface area contributed by atoms with Crippen LogP contribution in [-0.4, -0.2) is 43.2 Å². The smallest absolute Gasteiger partial charge is 0.444 e. The lowest BCUT2D eigenvalue weighted by Gasteiger charge is -2.39. The number of hydrogen-bond acceptors (Lipinski definition) is 6. The first-order valence-electron chi connectivity index (χ1n) is 10.1. The van der Waals surface area contributed by atoms with E-state index in [0.717, 1.165) is 5.56 Å². The summed E-state index contributed by atoms with van der Waals surface area (Å²) < 4.78 is 57.6. The number of hydrogen-bond donors (Lipinski definition) is 0. The van der Waals surface area contributed by atoms with Crippen molar-refractivity contribution >= 4 is 11.6 Å². The van der Waals surface area contributed by atoms with E-state index in [2.05, 4.69) is 25.0 Å². The molecule has 0 radical (unpaired) electrons. The normalized spacial score (nSPS) is 22.9. The van der Waals surface area contributed by atoms with Crippen LogP contribution in [0.25, 0.3) is 20.9 Å². The summed E-state index contributed by atoms with van der Waals surface area (Å²) in [5, 5.41) is 7.02. The first-order valence-corrected chi connectivity index (χ1v) is 10.1. The number of rotatable bonds is 8. The highest BCUT2D eigenvalue weighted by Crippen LogP contribution is 2.31. The van der Waals surface area contributed by atoms with Crippen LogP contribution in [0.4, 0.5) is 18.9 Å². The van der Waals surface area contributed by atoms with Crippen molar-refractivity contribution in [2.45, 2.75) is 43.7 Å². The number of nitrogens with zero attached hydrogens (tertiary/aromatic N) is 7. The van der Waals surface area contributed by atoms with Crippen molar-refractivity contribution in [3.63, 3.8) is 0 Å². The first-order chi connectivity index (χ1) is 16.4. The molecular weight excluding hydrogens is 455 g/mol. The van der Waals surface area contributed by atoms with Crippen LogP contribution in [-0.2, 0) is 20.8 Å². The molecule has 178 valence electrons. The van der Waals surface area contributed by atoms with Gasteiger partial charge in [-0.15, -0.1) is 0 Å². The number of para-hydroxylation sites is 1. The van der Waals surface area contributed by atoms with Crippen LogP contribution in [0.1, 0.15) is 12.0 Å². The second kappa shape index (κ2) is 11.9. The molecule has 1 aliphatic heterocycles. The lowest BCUT2D eigenvalue weighted by atomic mass is 10.0. The number of aliphatic imine (C=N–C) groups is 1. The Labute approximate surface area is 192 Å². The minimum Gasteiger partial charge on any atom is -0.444 e. The van der Waals surface area contributed by atoms with Crippen LogP contribution in [0.5, 0.6) is 0 Å². The summed E-state index contributed by atoms with van der Waals surface area (Å²) in [6.07, 6.45) is -8.28. The Morgan fingerprint density at radius 3 is 2.32 bits per heavy atom. The molecule has 0 N–H and O–H groups in total. The van der Waals surface area contributed by atoms with Crippen molar-refractivity contribution in [1.82, 2.24) is 0 Å². The molecule has 2 aromatic carbocycles. The van der Waals surface area contributed by atoms with Crippen LogP contribution in [0.2, 0.25) is 0 Å². The zero-order chi connectivity index (χ0) is 24.4. The summed E-state index contributed by atoms with van der Waals surface area (Å²) in [6, 6.07) is 15.4. The van der Waals surface area contributed by atoms with Gasteiger partial charge in [0.25, 0.3) is 5.90 Å². The fourth-order valence-electron chi connectivity index (χ4n) is 3.24. The maximum absolute atomic E-state index is 13.7. The predicted octanol–water partition coefficient (Wildman–Crippen LogP) is 5.99. The molecule has 1 heterocycles. The number of ether oxygens (including phenoxy) is 3. The topological polar surface area (TPSA) is 138 Å². The highest BCUT2D eigenvalue weighted by molar-refractivity contribution is 5.84. The Hall–Kier alpha value is -3.76. The number of azide groups is 2. The van der Waals surface area contributed by atoms with Gasteiger partial charge in [0, 0.05) is 9.82 Å². The van der Waals surface area contributed by atoms with E-state index in [1.165, 1.54) is 24.3 Å². The van der Waals surface area contributed by atoms with Crippen LogP contribution in [0, 0.1) is 0 Å². The third-order valence-electron chi connectivity index (χ3n) is 4.80. The van der Waals surface area contributed by atoms with Gasteiger partial charge in [-0.3, -0.25) is 0 Å². The van der Waals surface area contributed by atoms with E-state index in [4.69, 9.17) is 25.3 Å². The molecule has 0 aliphatic carbocycles. The van der Waals surface area contributed by atoms with Crippen LogP contribution >= 0.6 is 0 Å². The summed E-state index contributed by atoms with van der Waals surface area (Å²) in [5.41, 5.74) is 18.5. The molecule has 0 saturated carbocycles. The third-order valence-corrected chi connectivity index (χ3v) is 4.80. The molecule has 0 spiro atoms. The molecule has 2 aromatic rings. The van der Waals surface area contributed by atoms with Crippen molar-refractivity contribution in [2.75, 3.05) is 6.54 Å². The Morgan fingerprint density at radius 1 is 1.03 bits per heavy atom. The Morgan fingerprint density at radius 2 is 1.71 bits per heavy atom. The summed E-state index contributed by atoms with van der Waals surface area (Å²) in [5.74, 6) is -1.56. The van der Waals surface area contributed by atoms with E-state index < -0.39 is 36.6 Å². The molecule has 0 bridgehead atoms. The molecule has 1 fully saturated rings. The Balaban J connectivity index is 1.83. The summed E-state index contributed by atoms with van der Waals surface area (Å²) in [6.45, 7) is -0.0601. The molecule has 10 nitrogen and oxygen atoms in total. The fraction of sp³-hybridized carbons (Fsp3) is 0.381. The summed E-state index contributed by atoms with van der Waals surface area (Å²) in [4.78, 5) is 8.93. The van der Waals surface area contributed by atoms with E-state index in [1.54, 1.807) is 6.07 Å². The van der Waals surface area contributed by atoms with E-state index in [-0.39, 0.29) is 25.3 Å². The average molecular weight is 475 g/mol. The minimum absolute atomic E-state index is 0.0145. The highest BCUT2D eigenvalue weighted by Gasteiger charge is 2.45.